The van der Waals surface area contributed by atoms with Gasteiger partial charge in [0.15, 0.2) is 0 Å². The first-order valence-corrected chi connectivity index (χ1v) is 10.1. The predicted octanol–water partition coefficient (Wildman–Crippen LogP) is 3.51. The van der Waals surface area contributed by atoms with Gasteiger partial charge in [0, 0.05) is 49.6 Å². The second kappa shape index (κ2) is 8.64. The van der Waals surface area contributed by atoms with E-state index in [1.165, 1.54) is 0 Å². The highest BCUT2D eigenvalue weighted by Crippen LogP contribution is 2.26. The highest BCUT2D eigenvalue weighted by molar-refractivity contribution is 7.13. The number of methoxy groups -OCH3 is 1. The van der Waals surface area contributed by atoms with Crippen LogP contribution >= 0.6 is 11.3 Å². The Hall–Kier alpha value is -1.92. The third-order valence-corrected chi connectivity index (χ3v) is 5.93. The summed E-state index contributed by atoms with van der Waals surface area (Å²) in [5, 5.41) is 3.17. The molecular formula is C20H27N3O2S. The fraction of sp³-hybridized carbons (Fsp3) is 0.500. The number of aromatic nitrogens is 1. The zero-order valence-corrected chi connectivity index (χ0v) is 16.6. The summed E-state index contributed by atoms with van der Waals surface area (Å²) in [5.74, 6) is 1.28. The Balaban J connectivity index is 1.54. The molecule has 0 saturated carbocycles. The molecule has 1 aromatic carbocycles. The maximum atomic E-state index is 12.3. The SMILES string of the molecule is CC[C@@H](C)C(=O)N1CCN(Cc2csc(-c3ccc(OC)cc3)n2)CC1. The molecule has 1 amide bonds. The Morgan fingerprint density at radius 2 is 1.92 bits per heavy atom. The van der Waals surface area contributed by atoms with Gasteiger partial charge in [-0.3, -0.25) is 9.69 Å². The largest absolute Gasteiger partial charge is 0.497 e. The van der Waals surface area contributed by atoms with Crippen LogP contribution in [0.3, 0.4) is 0 Å². The molecule has 0 spiro atoms. The second-order valence-electron chi connectivity index (χ2n) is 6.78. The van der Waals surface area contributed by atoms with Crippen LogP contribution in [0, 0.1) is 5.92 Å². The Morgan fingerprint density at radius 1 is 1.23 bits per heavy atom. The Labute approximate surface area is 159 Å². The van der Waals surface area contributed by atoms with Crippen LogP contribution in [0.15, 0.2) is 29.6 Å². The lowest BCUT2D eigenvalue weighted by molar-refractivity contribution is -0.136. The van der Waals surface area contributed by atoms with Gasteiger partial charge in [0.25, 0.3) is 0 Å². The molecule has 6 heteroatoms. The van der Waals surface area contributed by atoms with E-state index in [0.29, 0.717) is 5.91 Å². The third-order valence-electron chi connectivity index (χ3n) is 4.99. The summed E-state index contributed by atoms with van der Waals surface area (Å²) in [7, 11) is 1.67. The zero-order valence-electron chi connectivity index (χ0n) is 15.8. The summed E-state index contributed by atoms with van der Waals surface area (Å²) in [6.07, 6.45) is 0.909. The van der Waals surface area contributed by atoms with Crippen LogP contribution in [0.25, 0.3) is 10.6 Å². The first-order valence-electron chi connectivity index (χ1n) is 9.20. The first-order chi connectivity index (χ1) is 12.6. The number of hydrogen-bond acceptors (Lipinski definition) is 5. The highest BCUT2D eigenvalue weighted by atomic mass is 32.1. The van der Waals surface area contributed by atoms with Crippen LogP contribution in [0.2, 0.25) is 0 Å². The molecule has 0 unspecified atom stereocenters. The quantitative estimate of drug-likeness (QED) is 0.777. The molecule has 1 aliphatic heterocycles. The molecule has 0 N–H and O–H groups in total. The molecule has 26 heavy (non-hydrogen) atoms. The van der Waals surface area contributed by atoms with Gasteiger partial charge in [0.05, 0.1) is 12.8 Å². The van der Waals surface area contributed by atoms with Crippen LogP contribution in [0.5, 0.6) is 5.75 Å². The Bertz CT molecular complexity index is 721. The molecule has 0 radical (unpaired) electrons. The van der Waals surface area contributed by atoms with E-state index < -0.39 is 0 Å². The van der Waals surface area contributed by atoms with Gasteiger partial charge in [-0.15, -0.1) is 11.3 Å². The predicted molar refractivity (Wildman–Crippen MR) is 105 cm³/mol. The lowest BCUT2D eigenvalue weighted by atomic mass is 10.1. The van der Waals surface area contributed by atoms with Crippen LogP contribution in [-0.4, -0.2) is 54.0 Å². The van der Waals surface area contributed by atoms with Gasteiger partial charge in [0.2, 0.25) is 5.91 Å². The van der Waals surface area contributed by atoms with E-state index in [9.17, 15) is 4.79 Å². The fourth-order valence-corrected chi connectivity index (χ4v) is 3.90. The summed E-state index contributed by atoms with van der Waals surface area (Å²) in [6, 6.07) is 8.01. The van der Waals surface area contributed by atoms with E-state index in [2.05, 4.69) is 17.2 Å². The summed E-state index contributed by atoms with van der Waals surface area (Å²) >= 11 is 1.67. The maximum Gasteiger partial charge on any atom is 0.225 e. The van der Waals surface area contributed by atoms with Crippen molar-refractivity contribution in [2.45, 2.75) is 26.8 Å². The fourth-order valence-electron chi connectivity index (χ4n) is 3.09. The lowest BCUT2D eigenvalue weighted by Gasteiger charge is -2.35. The molecule has 1 aliphatic rings. The third kappa shape index (κ3) is 4.43. The summed E-state index contributed by atoms with van der Waals surface area (Å²) < 4.78 is 5.21. The number of rotatable bonds is 6. The van der Waals surface area contributed by atoms with Crippen molar-refractivity contribution in [3.8, 4) is 16.3 Å². The van der Waals surface area contributed by atoms with Gasteiger partial charge < -0.3 is 9.64 Å². The first kappa shape index (κ1) is 18.9. The van der Waals surface area contributed by atoms with Gasteiger partial charge in [-0.1, -0.05) is 13.8 Å². The molecule has 2 aromatic rings. The van der Waals surface area contributed by atoms with Crippen molar-refractivity contribution >= 4 is 17.2 Å². The van der Waals surface area contributed by atoms with Crippen LogP contribution < -0.4 is 4.74 Å². The maximum absolute atomic E-state index is 12.3. The van der Waals surface area contributed by atoms with E-state index in [1.807, 2.05) is 36.1 Å². The van der Waals surface area contributed by atoms with Gasteiger partial charge in [-0.2, -0.15) is 0 Å². The Morgan fingerprint density at radius 3 is 2.54 bits per heavy atom. The second-order valence-corrected chi connectivity index (χ2v) is 7.64. The van der Waals surface area contributed by atoms with Crippen molar-refractivity contribution in [2.24, 2.45) is 5.92 Å². The van der Waals surface area contributed by atoms with Gasteiger partial charge >= 0.3 is 0 Å². The van der Waals surface area contributed by atoms with E-state index in [-0.39, 0.29) is 5.92 Å². The molecule has 1 fully saturated rings. The molecule has 0 aliphatic carbocycles. The molecule has 1 atom stereocenters. The number of amides is 1. The van der Waals surface area contributed by atoms with Crippen molar-refractivity contribution in [2.75, 3.05) is 33.3 Å². The molecule has 140 valence electrons. The average Bonchev–Trinajstić information content (AvgIpc) is 3.16. The molecular weight excluding hydrogens is 346 g/mol. The van der Waals surface area contributed by atoms with Gasteiger partial charge in [0.1, 0.15) is 10.8 Å². The molecule has 1 aromatic heterocycles. The number of nitrogens with zero attached hydrogens (tertiary/aromatic N) is 3. The number of piperazine rings is 1. The molecule has 3 rings (SSSR count). The van der Waals surface area contributed by atoms with Crippen LogP contribution in [-0.2, 0) is 11.3 Å². The van der Waals surface area contributed by atoms with Crippen molar-refractivity contribution in [1.29, 1.82) is 0 Å². The lowest BCUT2D eigenvalue weighted by Crippen LogP contribution is -2.49. The van der Waals surface area contributed by atoms with Crippen LogP contribution in [0.1, 0.15) is 26.0 Å². The smallest absolute Gasteiger partial charge is 0.225 e. The van der Waals surface area contributed by atoms with E-state index in [0.717, 1.165) is 61.2 Å². The monoisotopic (exact) mass is 373 g/mol. The van der Waals surface area contributed by atoms with E-state index in [1.54, 1.807) is 18.4 Å². The minimum Gasteiger partial charge on any atom is -0.497 e. The highest BCUT2D eigenvalue weighted by Gasteiger charge is 2.24. The minimum absolute atomic E-state index is 0.132. The average molecular weight is 374 g/mol. The topological polar surface area (TPSA) is 45.7 Å². The normalized spacial score (nSPS) is 16.5. The minimum atomic E-state index is 0.132. The number of benzene rings is 1. The number of carbonyl (C=O) groups is 1. The van der Waals surface area contributed by atoms with Gasteiger partial charge in [-0.05, 0) is 30.7 Å². The molecule has 0 bridgehead atoms. The summed E-state index contributed by atoms with van der Waals surface area (Å²) in [4.78, 5) is 21.5. The van der Waals surface area contributed by atoms with E-state index >= 15 is 0 Å². The number of hydrogen-bond donors (Lipinski definition) is 0. The van der Waals surface area contributed by atoms with Crippen molar-refractivity contribution in [1.82, 2.24) is 14.8 Å². The number of thiazole rings is 1. The van der Waals surface area contributed by atoms with Crippen molar-refractivity contribution < 1.29 is 9.53 Å². The number of ether oxygens (including phenoxy) is 1. The molecule has 1 saturated heterocycles. The molecule has 2 heterocycles. The zero-order chi connectivity index (χ0) is 18.5. The van der Waals surface area contributed by atoms with Crippen LogP contribution in [0.4, 0.5) is 0 Å². The summed E-state index contributed by atoms with van der Waals surface area (Å²) in [6.45, 7) is 8.40. The van der Waals surface area contributed by atoms with Crippen molar-refractivity contribution in [3.05, 3.63) is 35.3 Å². The molecule has 5 nitrogen and oxygen atoms in total. The van der Waals surface area contributed by atoms with Crippen molar-refractivity contribution in [3.63, 3.8) is 0 Å². The number of carbonyl (C=O) groups excluding carboxylic acids is 1. The standard InChI is InChI=1S/C20H27N3O2S/c1-4-15(2)20(24)23-11-9-22(10-12-23)13-17-14-26-19(21-17)16-5-7-18(25-3)8-6-16/h5-8,14-15H,4,9-13H2,1-3H3/t15-/m1/s1. The van der Waals surface area contributed by atoms with Gasteiger partial charge in [-0.25, -0.2) is 4.98 Å². The van der Waals surface area contributed by atoms with E-state index in [4.69, 9.17) is 9.72 Å². The summed E-state index contributed by atoms with van der Waals surface area (Å²) in [5.41, 5.74) is 2.22. The Kier molecular flexibility index (Phi) is 6.27.